The van der Waals surface area contributed by atoms with Crippen LogP contribution in [0.1, 0.15) is 21.5 Å². The van der Waals surface area contributed by atoms with Crippen LogP contribution in [0.2, 0.25) is 10.0 Å². The minimum Gasteiger partial charge on any atom is -0.322 e. The van der Waals surface area contributed by atoms with Crippen molar-refractivity contribution in [3.05, 3.63) is 85.8 Å². The second kappa shape index (κ2) is 7.32. The zero-order chi connectivity index (χ0) is 18.8. The third-order valence-corrected chi connectivity index (χ3v) is 4.72. The Morgan fingerprint density at radius 3 is 2.27 bits per heavy atom. The lowest BCUT2D eigenvalue weighted by molar-refractivity contribution is 0.102. The van der Waals surface area contributed by atoms with E-state index in [2.05, 4.69) is 10.4 Å². The first kappa shape index (κ1) is 18.2. The van der Waals surface area contributed by atoms with E-state index >= 15 is 0 Å². The molecule has 1 N–H and O–H groups in total. The zero-order valence-electron chi connectivity index (χ0n) is 14.1. The Bertz CT molecular complexity index is 1020. The van der Waals surface area contributed by atoms with Crippen LogP contribution in [0.4, 0.5) is 5.69 Å². The first-order valence-electron chi connectivity index (χ1n) is 7.80. The van der Waals surface area contributed by atoms with E-state index in [1.54, 1.807) is 24.3 Å². The number of rotatable bonds is 3. The maximum atomic E-state index is 12.5. The highest BCUT2D eigenvalue weighted by atomic mass is 35.5. The number of amides is 1. The molecule has 0 unspecified atom stereocenters. The number of carbonyl (C=O) groups is 1. The number of aromatic nitrogens is 2. The lowest BCUT2D eigenvalue weighted by Gasteiger charge is -2.12. The molecule has 1 heterocycles. The summed E-state index contributed by atoms with van der Waals surface area (Å²) in [5.74, 6) is -0.233. The van der Waals surface area contributed by atoms with Crippen molar-refractivity contribution in [2.75, 3.05) is 5.32 Å². The quantitative estimate of drug-likeness (QED) is 0.723. The summed E-state index contributed by atoms with van der Waals surface area (Å²) in [5.41, 5.74) is 3.20. The molecular formula is C19H15Cl2N3O2. The molecule has 3 rings (SSSR count). The molecule has 7 heteroatoms. The van der Waals surface area contributed by atoms with Crippen LogP contribution >= 0.6 is 23.2 Å². The van der Waals surface area contributed by atoms with Crippen LogP contribution < -0.4 is 10.9 Å². The van der Waals surface area contributed by atoms with E-state index in [-0.39, 0.29) is 16.0 Å². The van der Waals surface area contributed by atoms with Gasteiger partial charge in [0.25, 0.3) is 11.5 Å². The summed E-state index contributed by atoms with van der Waals surface area (Å²) in [6.45, 7) is 3.88. The summed E-state index contributed by atoms with van der Waals surface area (Å²) in [6, 6.07) is 12.3. The van der Waals surface area contributed by atoms with E-state index in [0.29, 0.717) is 11.3 Å². The number of benzene rings is 2. The van der Waals surface area contributed by atoms with Crippen LogP contribution in [0.15, 0.2) is 53.5 Å². The highest BCUT2D eigenvalue weighted by Crippen LogP contribution is 2.21. The fourth-order valence-electron chi connectivity index (χ4n) is 2.55. The van der Waals surface area contributed by atoms with Gasteiger partial charge < -0.3 is 5.32 Å². The van der Waals surface area contributed by atoms with E-state index in [1.807, 2.05) is 32.0 Å². The van der Waals surface area contributed by atoms with Crippen LogP contribution in [-0.2, 0) is 0 Å². The first-order valence-corrected chi connectivity index (χ1v) is 8.55. The van der Waals surface area contributed by atoms with Gasteiger partial charge in [-0.25, -0.2) is 0 Å². The predicted molar refractivity (Wildman–Crippen MR) is 104 cm³/mol. The molecule has 0 radical (unpaired) electrons. The standard InChI is InChI=1S/C19H15Cl2N3O2/c1-11-4-3-5-12(2)17(11)23-18(25)13-6-8-14(9-7-13)24-19(26)16(21)15(20)10-22-24/h3-10H,1-2H3,(H,23,25). The zero-order valence-corrected chi connectivity index (χ0v) is 15.6. The van der Waals surface area contributed by atoms with Gasteiger partial charge in [0, 0.05) is 11.3 Å². The molecule has 0 spiro atoms. The highest BCUT2D eigenvalue weighted by molar-refractivity contribution is 6.41. The van der Waals surface area contributed by atoms with E-state index in [9.17, 15) is 9.59 Å². The van der Waals surface area contributed by atoms with Crippen LogP contribution in [0, 0.1) is 13.8 Å². The van der Waals surface area contributed by atoms with Gasteiger partial charge in [-0.05, 0) is 49.2 Å². The third kappa shape index (κ3) is 3.49. The molecule has 0 fully saturated rings. The van der Waals surface area contributed by atoms with Crippen LogP contribution in [0.25, 0.3) is 5.69 Å². The third-order valence-electron chi connectivity index (χ3n) is 3.97. The molecule has 0 aliphatic carbocycles. The normalized spacial score (nSPS) is 10.6. The molecule has 132 valence electrons. The topological polar surface area (TPSA) is 64.0 Å². The van der Waals surface area contributed by atoms with Gasteiger partial charge in [0.2, 0.25) is 0 Å². The smallest absolute Gasteiger partial charge is 0.291 e. The van der Waals surface area contributed by atoms with Crippen LogP contribution in [-0.4, -0.2) is 15.7 Å². The van der Waals surface area contributed by atoms with Gasteiger partial charge in [0.05, 0.1) is 16.9 Å². The average Bonchev–Trinajstić information content (AvgIpc) is 2.63. The summed E-state index contributed by atoms with van der Waals surface area (Å²) >= 11 is 11.6. The Morgan fingerprint density at radius 1 is 1.04 bits per heavy atom. The first-order chi connectivity index (χ1) is 12.4. The number of hydrogen-bond acceptors (Lipinski definition) is 3. The molecule has 1 amide bonds. The Hall–Kier alpha value is -2.63. The van der Waals surface area contributed by atoms with Crippen LogP contribution in [0.3, 0.4) is 0 Å². The number of para-hydroxylation sites is 1. The Balaban J connectivity index is 1.87. The molecule has 0 aliphatic rings. The number of hydrogen-bond donors (Lipinski definition) is 1. The van der Waals surface area contributed by atoms with Crippen molar-refractivity contribution >= 4 is 34.8 Å². The summed E-state index contributed by atoms with van der Waals surface area (Å²) in [6.07, 6.45) is 1.30. The molecule has 3 aromatic rings. The highest BCUT2D eigenvalue weighted by Gasteiger charge is 2.12. The molecule has 0 saturated heterocycles. The average molecular weight is 388 g/mol. The molecule has 26 heavy (non-hydrogen) atoms. The van der Waals surface area contributed by atoms with Gasteiger partial charge in [-0.2, -0.15) is 9.78 Å². The Labute approximate surface area is 160 Å². The van der Waals surface area contributed by atoms with Crippen molar-refractivity contribution < 1.29 is 4.79 Å². The maximum Gasteiger partial charge on any atom is 0.291 e. The number of nitrogens with zero attached hydrogens (tertiary/aromatic N) is 2. The van der Waals surface area contributed by atoms with E-state index in [0.717, 1.165) is 21.5 Å². The summed E-state index contributed by atoms with van der Waals surface area (Å²) < 4.78 is 1.13. The lowest BCUT2D eigenvalue weighted by atomic mass is 10.1. The predicted octanol–water partition coefficient (Wildman–Crippen LogP) is 4.41. The fourth-order valence-corrected chi connectivity index (χ4v) is 2.80. The van der Waals surface area contributed by atoms with Gasteiger partial charge in [-0.3, -0.25) is 9.59 Å². The molecule has 5 nitrogen and oxygen atoms in total. The van der Waals surface area contributed by atoms with Gasteiger partial charge in [0.15, 0.2) is 0 Å². The van der Waals surface area contributed by atoms with Crippen molar-refractivity contribution in [2.24, 2.45) is 0 Å². The van der Waals surface area contributed by atoms with Gasteiger partial charge in [-0.1, -0.05) is 41.4 Å². The molecule has 0 saturated carbocycles. The minimum atomic E-state index is -0.521. The number of halogens is 2. The number of carbonyl (C=O) groups excluding carboxylic acids is 1. The lowest BCUT2D eigenvalue weighted by Crippen LogP contribution is -2.21. The number of nitrogens with one attached hydrogen (secondary N) is 1. The Morgan fingerprint density at radius 2 is 1.65 bits per heavy atom. The number of aryl methyl sites for hydroxylation is 2. The monoisotopic (exact) mass is 387 g/mol. The van der Waals surface area contributed by atoms with Gasteiger partial charge >= 0.3 is 0 Å². The summed E-state index contributed by atoms with van der Waals surface area (Å²) in [7, 11) is 0. The second-order valence-electron chi connectivity index (χ2n) is 5.79. The van der Waals surface area contributed by atoms with Crippen LogP contribution in [0.5, 0.6) is 0 Å². The molecular weight excluding hydrogens is 373 g/mol. The van der Waals surface area contributed by atoms with Crippen molar-refractivity contribution in [2.45, 2.75) is 13.8 Å². The SMILES string of the molecule is Cc1cccc(C)c1NC(=O)c1ccc(-n2ncc(Cl)c(Cl)c2=O)cc1. The summed E-state index contributed by atoms with van der Waals surface area (Å²) in [5, 5.41) is 6.88. The molecule has 0 aliphatic heterocycles. The minimum absolute atomic E-state index is 0.0949. The Kier molecular flexibility index (Phi) is 5.11. The van der Waals surface area contributed by atoms with Gasteiger partial charge in [0.1, 0.15) is 5.02 Å². The van der Waals surface area contributed by atoms with E-state index in [1.165, 1.54) is 6.20 Å². The van der Waals surface area contributed by atoms with E-state index < -0.39 is 5.56 Å². The largest absolute Gasteiger partial charge is 0.322 e. The second-order valence-corrected chi connectivity index (χ2v) is 6.58. The maximum absolute atomic E-state index is 12.5. The molecule has 1 aromatic heterocycles. The van der Waals surface area contributed by atoms with Crippen molar-refractivity contribution in [1.82, 2.24) is 9.78 Å². The molecule has 0 bridgehead atoms. The van der Waals surface area contributed by atoms with Crippen molar-refractivity contribution in [3.8, 4) is 5.69 Å². The fraction of sp³-hybridized carbons (Fsp3) is 0.105. The molecule has 2 aromatic carbocycles. The van der Waals surface area contributed by atoms with E-state index in [4.69, 9.17) is 23.2 Å². The molecule has 0 atom stereocenters. The summed E-state index contributed by atoms with van der Waals surface area (Å²) in [4.78, 5) is 24.6. The van der Waals surface area contributed by atoms with Crippen molar-refractivity contribution in [1.29, 1.82) is 0 Å². The van der Waals surface area contributed by atoms with Gasteiger partial charge in [-0.15, -0.1) is 0 Å². The number of anilines is 1. The van der Waals surface area contributed by atoms with Crippen molar-refractivity contribution in [3.63, 3.8) is 0 Å².